The minimum absolute atomic E-state index is 0.0212. The molecular weight excluding hydrogens is 412 g/mol. The Labute approximate surface area is 179 Å². The van der Waals surface area contributed by atoms with Gasteiger partial charge in [0, 0.05) is 18.3 Å². The quantitative estimate of drug-likeness (QED) is 0.222. The van der Waals surface area contributed by atoms with E-state index in [1.54, 1.807) is 13.8 Å². The van der Waals surface area contributed by atoms with Gasteiger partial charge in [0.2, 0.25) is 17.7 Å². The number of H-pyrrole nitrogens is 1. The number of nitrogens with zero attached hydrogens (tertiary/aromatic N) is 1. The predicted molar refractivity (Wildman–Crippen MR) is 113 cm³/mol. The van der Waals surface area contributed by atoms with Gasteiger partial charge in [0.1, 0.15) is 12.1 Å². The molecular formula is C18H30N6O5S. The molecule has 3 unspecified atom stereocenters. The number of rotatable bonds is 13. The van der Waals surface area contributed by atoms with Crippen molar-refractivity contribution in [3.63, 3.8) is 0 Å². The van der Waals surface area contributed by atoms with Crippen molar-refractivity contribution in [3.8, 4) is 0 Å². The Morgan fingerprint density at radius 1 is 1.20 bits per heavy atom. The van der Waals surface area contributed by atoms with Gasteiger partial charge in [-0.05, 0) is 24.3 Å². The second kappa shape index (κ2) is 12.9. The van der Waals surface area contributed by atoms with Crippen LogP contribution in [0.3, 0.4) is 0 Å². The SMILES string of the molecule is CSCCC(NC(=O)CNC(=O)C(N)C(C)C)C(=O)NC(Cc1cnc[nH]1)C(=O)O. The van der Waals surface area contributed by atoms with Gasteiger partial charge in [-0.25, -0.2) is 9.78 Å². The summed E-state index contributed by atoms with van der Waals surface area (Å²) >= 11 is 1.48. The van der Waals surface area contributed by atoms with Gasteiger partial charge in [0.25, 0.3) is 0 Å². The maximum atomic E-state index is 12.6. The van der Waals surface area contributed by atoms with Gasteiger partial charge >= 0.3 is 5.97 Å². The molecule has 0 fully saturated rings. The second-order valence-electron chi connectivity index (χ2n) is 7.07. The number of imidazole rings is 1. The van der Waals surface area contributed by atoms with E-state index in [2.05, 4.69) is 25.9 Å². The third kappa shape index (κ3) is 8.82. The van der Waals surface area contributed by atoms with E-state index in [1.807, 2.05) is 6.26 Å². The molecule has 3 atom stereocenters. The van der Waals surface area contributed by atoms with E-state index in [9.17, 15) is 24.3 Å². The number of nitrogens with one attached hydrogen (secondary N) is 4. The number of carbonyl (C=O) groups is 4. The summed E-state index contributed by atoms with van der Waals surface area (Å²) in [4.78, 5) is 54.8. The van der Waals surface area contributed by atoms with Gasteiger partial charge in [0.15, 0.2) is 0 Å². The van der Waals surface area contributed by atoms with E-state index in [1.165, 1.54) is 24.3 Å². The van der Waals surface area contributed by atoms with E-state index in [-0.39, 0.29) is 18.9 Å². The zero-order chi connectivity index (χ0) is 22.7. The monoisotopic (exact) mass is 442 g/mol. The lowest BCUT2D eigenvalue weighted by Crippen LogP contribution is -2.54. The molecule has 0 aliphatic carbocycles. The molecule has 0 aliphatic heterocycles. The molecule has 0 bridgehead atoms. The summed E-state index contributed by atoms with van der Waals surface area (Å²) in [6.45, 7) is 3.24. The molecule has 11 nitrogen and oxygen atoms in total. The van der Waals surface area contributed by atoms with Crippen molar-refractivity contribution < 1.29 is 24.3 Å². The number of carbonyl (C=O) groups excluding carboxylic acids is 3. The second-order valence-corrected chi connectivity index (χ2v) is 8.06. The first-order chi connectivity index (χ1) is 14.1. The summed E-state index contributed by atoms with van der Waals surface area (Å²) in [5, 5.41) is 16.8. The van der Waals surface area contributed by atoms with Crippen molar-refractivity contribution >= 4 is 35.5 Å². The first-order valence-electron chi connectivity index (χ1n) is 9.47. The molecule has 1 rings (SSSR count). The van der Waals surface area contributed by atoms with Crippen LogP contribution in [0.2, 0.25) is 0 Å². The van der Waals surface area contributed by atoms with Crippen molar-refractivity contribution in [2.24, 2.45) is 11.7 Å². The highest BCUT2D eigenvalue weighted by molar-refractivity contribution is 7.98. The zero-order valence-corrected chi connectivity index (χ0v) is 18.1. The average Bonchev–Trinajstić information content (AvgIpc) is 3.20. The predicted octanol–water partition coefficient (Wildman–Crippen LogP) is -1.14. The molecule has 0 spiro atoms. The first-order valence-corrected chi connectivity index (χ1v) is 10.9. The molecule has 0 aliphatic rings. The van der Waals surface area contributed by atoms with Gasteiger partial charge in [-0.15, -0.1) is 0 Å². The number of aromatic amines is 1. The van der Waals surface area contributed by atoms with Crippen LogP contribution in [0.1, 0.15) is 26.0 Å². The smallest absolute Gasteiger partial charge is 0.326 e. The lowest BCUT2D eigenvalue weighted by molar-refractivity contribution is -0.142. The van der Waals surface area contributed by atoms with E-state index in [0.29, 0.717) is 17.9 Å². The molecule has 30 heavy (non-hydrogen) atoms. The molecule has 0 saturated heterocycles. The molecule has 1 aromatic rings. The summed E-state index contributed by atoms with van der Waals surface area (Å²) in [7, 11) is 0. The molecule has 7 N–H and O–H groups in total. The minimum Gasteiger partial charge on any atom is -0.480 e. The third-order valence-electron chi connectivity index (χ3n) is 4.30. The number of carboxylic acids is 1. The zero-order valence-electron chi connectivity index (χ0n) is 17.3. The fourth-order valence-corrected chi connectivity index (χ4v) is 2.90. The average molecular weight is 443 g/mol. The van der Waals surface area contributed by atoms with E-state index >= 15 is 0 Å². The van der Waals surface area contributed by atoms with Crippen LogP contribution in [-0.2, 0) is 25.6 Å². The molecule has 1 heterocycles. The lowest BCUT2D eigenvalue weighted by Gasteiger charge is -2.21. The third-order valence-corrected chi connectivity index (χ3v) is 4.94. The van der Waals surface area contributed by atoms with Crippen LogP contribution in [0.4, 0.5) is 0 Å². The fourth-order valence-electron chi connectivity index (χ4n) is 2.43. The summed E-state index contributed by atoms with van der Waals surface area (Å²) in [6, 6.07) is -2.87. The van der Waals surface area contributed by atoms with Crippen LogP contribution in [0.5, 0.6) is 0 Å². The molecule has 12 heteroatoms. The summed E-state index contributed by atoms with van der Waals surface area (Å²) in [5.74, 6) is -2.37. The van der Waals surface area contributed by atoms with E-state index in [0.717, 1.165) is 0 Å². The number of amides is 3. The summed E-state index contributed by atoms with van der Waals surface area (Å²) < 4.78 is 0. The van der Waals surface area contributed by atoms with Crippen LogP contribution in [0.25, 0.3) is 0 Å². The molecule has 0 saturated carbocycles. The Morgan fingerprint density at radius 3 is 2.43 bits per heavy atom. The van der Waals surface area contributed by atoms with Gasteiger partial charge in [0.05, 0.1) is 18.9 Å². The van der Waals surface area contributed by atoms with E-state index < -0.39 is 41.8 Å². The van der Waals surface area contributed by atoms with E-state index in [4.69, 9.17) is 5.73 Å². The summed E-state index contributed by atoms with van der Waals surface area (Å²) in [6.07, 6.45) is 5.06. The van der Waals surface area contributed by atoms with Crippen molar-refractivity contribution in [1.29, 1.82) is 0 Å². The minimum atomic E-state index is -1.21. The number of aromatic nitrogens is 2. The van der Waals surface area contributed by atoms with Crippen LogP contribution < -0.4 is 21.7 Å². The standard InChI is InChI=1S/C18H30N6O5S/c1-10(2)15(19)17(27)21-8-14(25)23-12(4-5-30-3)16(26)24-13(18(28)29)6-11-7-20-9-22-11/h7,9-10,12-13,15H,4-6,8,19H2,1-3H3,(H,20,22)(H,21,27)(H,23,25)(H,24,26)(H,28,29). The molecule has 1 aromatic heterocycles. The van der Waals surface area contributed by atoms with Gasteiger partial charge in [-0.2, -0.15) is 11.8 Å². The van der Waals surface area contributed by atoms with Crippen molar-refractivity contribution in [2.45, 2.75) is 44.8 Å². The normalized spacial score (nSPS) is 13.9. The largest absolute Gasteiger partial charge is 0.480 e. The van der Waals surface area contributed by atoms with Crippen molar-refractivity contribution in [3.05, 3.63) is 18.2 Å². The highest BCUT2D eigenvalue weighted by atomic mass is 32.2. The van der Waals surface area contributed by atoms with Gasteiger partial charge in [-0.3, -0.25) is 14.4 Å². The molecule has 0 aromatic carbocycles. The summed E-state index contributed by atoms with van der Waals surface area (Å²) in [5.41, 5.74) is 6.28. The van der Waals surface area contributed by atoms with Crippen LogP contribution in [0, 0.1) is 5.92 Å². The van der Waals surface area contributed by atoms with Crippen LogP contribution in [-0.4, -0.2) is 75.4 Å². The molecule has 3 amide bonds. The Bertz CT molecular complexity index is 712. The highest BCUT2D eigenvalue weighted by Crippen LogP contribution is 2.04. The van der Waals surface area contributed by atoms with Crippen LogP contribution >= 0.6 is 11.8 Å². The maximum absolute atomic E-state index is 12.6. The number of hydrogen-bond donors (Lipinski definition) is 6. The van der Waals surface area contributed by atoms with Gasteiger partial charge in [-0.1, -0.05) is 13.8 Å². The maximum Gasteiger partial charge on any atom is 0.326 e. The van der Waals surface area contributed by atoms with Crippen LogP contribution in [0.15, 0.2) is 12.5 Å². The number of thioether (sulfide) groups is 1. The highest BCUT2D eigenvalue weighted by Gasteiger charge is 2.27. The Hall–Kier alpha value is -2.60. The van der Waals surface area contributed by atoms with Crippen molar-refractivity contribution in [2.75, 3.05) is 18.6 Å². The van der Waals surface area contributed by atoms with Crippen molar-refractivity contribution in [1.82, 2.24) is 25.9 Å². The Balaban J connectivity index is 2.69. The fraction of sp³-hybridized carbons (Fsp3) is 0.611. The Morgan fingerprint density at radius 2 is 1.90 bits per heavy atom. The topological polar surface area (TPSA) is 179 Å². The van der Waals surface area contributed by atoms with Gasteiger partial charge < -0.3 is 31.8 Å². The number of aliphatic carboxylic acids is 1. The number of nitrogens with two attached hydrogens (primary N) is 1. The Kier molecular flexibility index (Phi) is 10.9. The lowest BCUT2D eigenvalue weighted by atomic mass is 10.1. The molecule has 0 radical (unpaired) electrons. The number of hydrogen-bond acceptors (Lipinski definition) is 7. The number of carboxylic acid groups (broad SMARTS) is 1. The first kappa shape index (κ1) is 25.4. The molecule has 168 valence electrons.